The number of unbranched alkanes of at least 4 members (excludes halogenated alkanes) is 9. The zero-order valence-electron chi connectivity index (χ0n) is 15.6. The van der Waals surface area contributed by atoms with E-state index in [9.17, 15) is 9.90 Å². The Morgan fingerprint density at radius 2 is 1.32 bits per heavy atom. The summed E-state index contributed by atoms with van der Waals surface area (Å²) in [6.45, 7) is 2.25. The summed E-state index contributed by atoms with van der Waals surface area (Å²) in [5.41, 5.74) is -0.875. The smallest absolute Gasteiger partial charge is 0.382 e. The van der Waals surface area contributed by atoms with Crippen molar-refractivity contribution < 1.29 is 14.4 Å². The monoisotopic (exact) mass is 315 g/mol. The first-order valence-electron chi connectivity index (χ1n) is 9.05. The molecular formula is C18H39N2O2+. The molecule has 0 rings (SSSR count). The Labute approximate surface area is 137 Å². The molecule has 1 unspecified atom stereocenters. The van der Waals surface area contributed by atoms with Crippen LogP contribution in [-0.2, 0) is 4.79 Å². The Bertz CT molecular complexity index is 300. The summed E-state index contributed by atoms with van der Waals surface area (Å²) in [5, 5.41) is 12.7. The highest BCUT2D eigenvalue weighted by atomic mass is 16.4. The first-order valence-corrected chi connectivity index (χ1v) is 9.05. The maximum Gasteiger partial charge on any atom is 0.382 e. The highest BCUT2D eigenvalue weighted by molar-refractivity contribution is 5.76. The molecule has 0 fully saturated rings. The number of quaternary nitrogens is 1. The minimum absolute atomic E-state index is 0.399. The average molecular weight is 316 g/mol. The third-order valence-corrected chi connectivity index (χ3v) is 4.80. The normalized spacial score (nSPS) is 14.8. The van der Waals surface area contributed by atoms with Gasteiger partial charge in [-0.05, 0) is 13.5 Å². The van der Waals surface area contributed by atoms with E-state index in [0.717, 1.165) is 12.8 Å². The summed E-state index contributed by atoms with van der Waals surface area (Å²) in [6.07, 6.45) is 13.4. The molecule has 0 aliphatic rings. The Morgan fingerprint density at radius 3 is 1.64 bits per heavy atom. The van der Waals surface area contributed by atoms with Gasteiger partial charge >= 0.3 is 5.97 Å². The molecule has 0 heterocycles. The summed E-state index contributed by atoms with van der Waals surface area (Å²) >= 11 is 0. The van der Waals surface area contributed by atoms with Gasteiger partial charge in [0.05, 0.1) is 21.1 Å². The van der Waals surface area contributed by atoms with Gasteiger partial charge in [0.1, 0.15) is 0 Å². The average Bonchev–Trinajstić information content (AvgIpc) is 2.43. The third-order valence-electron chi connectivity index (χ3n) is 4.80. The molecule has 0 saturated heterocycles. The lowest BCUT2D eigenvalue weighted by atomic mass is 9.97. The van der Waals surface area contributed by atoms with Crippen molar-refractivity contribution in [3.05, 3.63) is 0 Å². The summed E-state index contributed by atoms with van der Waals surface area (Å²) in [4.78, 5) is 11.7. The minimum Gasteiger partial charge on any atom is -0.476 e. The highest BCUT2D eigenvalue weighted by Crippen LogP contribution is 2.24. The zero-order valence-corrected chi connectivity index (χ0v) is 15.6. The van der Waals surface area contributed by atoms with Crippen LogP contribution in [0.4, 0.5) is 0 Å². The van der Waals surface area contributed by atoms with Crippen molar-refractivity contribution in [3.63, 3.8) is 0 Å². The number of likely N-dealkylation sites (N-methyl/N-ethyl adjacent to an activating group) is 2. The molecule has 1 atom stereocenters. The van der Waals surface area contributed by atoms with Crippen LogP contribution < -0.4 is 5.32 Å². The molecule has 0 aromatic carbocycles. The van der Waals surface area contributed by atoms with Crippen molar-refractivity contribution in [1.82, 2.24) is 5.32 Å². The van der Waals surface area contributed by atoms with E-state index in [-0.39, 0.29) is 0 Å². The topological polar surface area (TPSA) is 49.3 Å². The van der Waals surface area contributed by atoms with Gasteiger partial charge in [-0.1, -0.05) is 64.7 Å². The zero-order chi connectivity index (χ0) is 17.1. The van der Waals surface area contributed by atoms with E-state index in [1.54, 1.807) is 7.05 Å². The standard InChI is InChI=1S/C18H38N2O2/c1-6-7-8-9-10-11-12-13-14-15-16-18(19-2,17(21)22)20(3,4)5/h19H,6-16H2,1-5H3/p+1. The Hall–Kier alpha value is -0.610. The van der Waals surface area contributed by atoms with Crippen LogP contribution in [0, 0.1) is 0 Å². The van der Waals surface area contributed by atoms with Crippen molar-refractivity contribution in [1.29, 1.82) is 0 Å². The van der Waals surface area contributed by atoms with Crippen LogP contribution in [0.2, 0.25) is 0 Å². The lowest BCUT2D eigenvalue weighted by molar-refractivity contribution is -0.918. The Balaban J connectivity index is 3.90. The molecule has 4 nitrogen and oxygen atoms in total. The quantitative estimate of drug-likeness (QED) is 0.289. The molecule has 0 radical (unpaired) electrons. The summed E-state index contributed by atoms with van der Waals surface area (Å²) in [6, 6.07) is 0. The lowest BCUT2D eigenvalue weighted by Gasteiger charge is -2.42. The summed E-state index contributed by atoms with van der Waals surface area (Å²) in [7, 11) is 7.59. The number of carboxylic acid groups (broad SMARTS) is 1. The molecule has 0 aromatic rings. The number of hydrogen-bond acceptors (Lipinski definition) is 2. The second kappa shape index (κ2) is 11.0. The van der Waals surface area contributed by atoms with Crippen LogP contribution in [-0.4, -0.2) is 49.4 Å². The van der Waals surface area contributed by atoms with E-state index in [4.69, 9.17) is 0 Å². The fourth-order valence-electron chi connectivity index (χ4n) is 3.16. The van der Waals surface area contributed by atoms with E-state index in [2.05, 4.69) is 12.2 Å². The predicted molar refractivity (Wildman–Crippen MR) is 93.9 cm³/mol. The SMILES string of the molecule is CCCCCCCCCCCCC(NC)(C(=O)O)[N+](C)(C)C. The fourth-order valence-corrected chi connectivity index (χ4v) is 3.16. The van der Waals surface area contributed by atoms with E-state index in [1.165, 1.54) is 51.4 Å². The maximum atomic E-state index is 11.7. The van der Waals surface area contributed by atoms with Gasteiger partial charge in [0.2, 0.25) is 0 Å². The highest BCUT2D eigenvalue weighted by Gasteiger charge is 2.48. The van der Waals surface area contributed by atoms with Gasteiger partial charge in [0, 0.05) is 6.42 Å². The minimum atomic E-state index is -0.875. The maximum absolute atomic E-state index is 11.7. The first-order chi connectivity index (χ1) is 10.3. The second-order valence-corrected chi connectivity index (χ2v) is 7.36. The number of nitrogens with zero attached hydrogens (tertiary/aromatic N) is 1. The largest absolute Gasteiger partial charge is 0.476 e. The summed E-state index contributed by atoms with van der Waals surface area (Å²) < 4.78 is 0.399. The molecule has 2 N–H and O–H groups in total. The number of carbonyl (C=O) groups is 1. The van der Waals surface area contributed by atoms with Crippen LogP contribution in [0.25, 0.3) is 0 Å². The van der Waals surface area contributed by atoms with Crippen molar-refractivity contribution in [3.8, 4) is 0 Å². The molecule has 0 aliphatic carbocycles. The molecule has 0 aliphatic heterocycles. The molecule has 0 spiro atoms. The van der Waals surface area contributed by atoms with Crippen molar-refractivity contribution in [2.24, 2.45) is 0 Å². The molecule has 0 saturated carbocycles. The van der Waals surface area contributed by atoms with Gasteiger partial charge in [-0.2, -0.15) is 0 Å². The van der Waals surface area contributed by atoms with Crippen LogP contribution >= 0.6 is 0 Å². The molecule has 4 heteroatoms. The van der Waals surface area contributed by atoms with E-state index in [1.807, 2.05) is 21.1 Å². The molecule has 0 aromatic heterocycles. The summed E-state index contributed by atoms with van der Waals surface area (Å²) in [5.74, 6) is -0.751. The van der Waals surface area contributed by atoms with E-state index in [0.29, 0.717) is 10.9 Å². The fraction of sp³-hybridized carbons (Fsp3) is 0.944. The lowest BCUT2D eigenvalue weighted by Crippen LogP contribution is -2.69. The van der Waals surface area contributed by atoms with E-state index < -0.39 is 11.6 Å². The molecule has 132 valence electrons. The van der Waals surface area contributed by atoms with Crippen LogP contribution in [0.5, 0.6) is 0 Å². The van der Waals surface area contributed by atoms with Gasteiger partial charge in [-0.25, -0.2) is 4.79 Å². The van der Waals surface area contributed by atoms with Gasteiger partial charge in [-0.3, -0.25) is 5.32 Å². The molecular weight excluding hydrogens is 276 g/mol. The van der Waals surface area contributed by atoms with Gasteiger partial charge < -0.3 is 9.59 Å². The number of rotatable bonds is 14. The van der Waals surface area contributed by atoms with Crippen LogP contribution in [0.3, 0.4) is 0 Å². The number of aliphatic carboxylic acids is 1. The van der Waals surface area contributed by atoms with Gasteiger partial charge in [0.15, 0.2) is 0 Å². The van der Waals surface area contributed by atoms with Gasteiger partial charge in [0.25, 0.3) is 5.66 Å². The van der Waals surface area contributed by atoms with Gasteiger partial charge in [-0.15, -0.1) is 0 Å². The second-order valence-electron chi connectivity index (χ2n) is 7.36. The number of carboxylic acids is 1. The molecule has 22 heavy (non-hydrogen) atoms. The molecule has 0 amide bonds. The van der Waals surface area contributed by atoms with E-state index >= 15 is 0 Å². The number of nitrogens with one attached hydrogen (secondary N) is 1. The van der Waals surface area contributed by atoms with Crippen molar-refractivity contribution >= 4 is 5.97 Å². The van der Waals surface area contributed by atoms with Crippen LogP contribution in [0.1, 0.15) is 77.6 Å². The third kappa shape index (κ3) is 7.10. The van der Waals surface area contributed by atoms with Crippen LogP contribution in [0.15, 0.2) is 0 Å². The van der Waals surface area contributed by atoms with Crippen molar-refractivity contribution in [2.45, 2.75) is 83.2 Å². The van der Waals surface area contributed by atoms with Crippen molar-refractivity contribution in [2.75, 3.05) is 28.2 Å². The first kappa shape index (κ1) is 21.4. The Morgan fingerprint density at radius 1 is 0.909 bits per heavy atom. The number of hydrogen-bond donors (Lipinski definition) is 2. The Kier molecular flexibility index (Phi) is 10.7. The molecule has 0 bridgehead atoms. The predicted octanol–water partition coefficient (Wildman–Crippen LogP) is 4.00.